The maximum atomic E-state index is 13.2. The quantitative estimate of drug-likeness (QED) is 0.196. The number of aliphatic hydroxyl groups is 1. The lowest BCUT2D eigenvalue weighted by Crippen LogP contribution is -2.29. The van der Waals surface area contributed by atoms with Crippen LogP contribution in [0.3, 0.4) is 0 Å². The molecule has 0 saturated carbocycles. The van der Waals surface area contributed by atoms with Gasteiger partial charge in [-0.1, -0.05) is 42.5 Å². The molecule has 3 aromatic carbocycles. The summed E-state index contributed by atoms with van der Waals surface area (Å²) < 4.78 is 11.1. The van der Waals surface area contributed by atoms with E-state index in [9.17, 15) is 24.8 Å². The van der Waals surface area contributed by atoms with Gasteiger partial charge < -0.3 is 19.5 Å². The van der Waals surface area contributed by atoms with Crippen molar-refractivity contribution in [2.75, 3.05) is 13.2 Å². The number of amides is 1. The minimum Gasteiger partial charge on any atom is -0.507 e. The molecule has 2 aliphatic heterocycles. The number of nitrogens with zero attached hydrogens (tertiary/aromatic N) is 2. The summed E-state index contributed by atoms with van der Waals surface area (Å²) in [5.41, 5.74) is 1.04. The standard InChI is InChI=1S/C26H20N2O7/c29-24(18-9-10-20-21(14-18)35-12-11-34-20)22-23(17-7-4-8-19(13-17)28(32)33)27(26(31)25(22)30)15-16-5-2-1-3-6-16/h1-10,13-14,23,29H,11-12,15H2/b24-22+/t23-/m0/s1. The molecule has 0 aliphatic carbocycles. The van der Waals surface area contributed by atoms with E-state index in [-0.39, 0.29) is 23.4 Å². The van der Waals surface area contributed by atoms with Crippen LogP contribution in [0.5, 0.6) is 11.5 Å². The number of aliphatic hydroxyl groups excluding tert-OH is 1. The molecule has 35 heavy (non-hydrogen) atoms. The zero-order valence-corrected chi connectivity index (χ0v) is 18.4. The van der Waals surface area contributed by atoms with Gasteiger partial charge >= 0.3 is 0 Å². The lowest BCUT2D eigenvalue weighted by atomic mass is 9.94. The first kappa shape index (κ1) is 22.1. The predicted molar refractivity (Wildman–Crippen MR) is 125 cm³/mol. The van der Waals surface area contributed by atoms with Crippen LogP contribution in [0.2, 0.25) is 0 Å². The number of ether oxygens (including phenoxy) is 2. The highest BCUT2D eigenvalue weighted by atomic mass is 16.6. The van der Waals surface area contributed by atoms with Crippen LogP contribution in [0.4, 0.5) is 5.69 Å². The molecular formula is C26H20N2O7. The number of likely N-dealkylation sites (tertiary alicyclic amines) is 1. The van der Waals surface area contributed by atoms with Crippen LogP contribution in [0, 0.1) is 10.1 Å². The number of ketones is 1. The SMILES string of the molecule is O=C1C(=O)N(Cc2ccccc2)[C@@H](c2cccc([N+](=O)[O-])c2)/C1=C(\O)c1ccc2c(c1)OCCO2. The van der Waals surface area contributed by atoms with Gasteiger partial charge in [-0.25, -0.2) is 0 Å². The zero-order chi connectivity index (χ0) is 24.5. The molecule has 2 heterocycles. The largest absolute Gasteiger partial charge is 0.507 e. The summed E-state index contributed by atoms with van der Waals surface area (Å²) in [4.78, 5) is 38.5. The van der Waals surface area contributed by atoms with Crippen LogP contribution in [-0.2, 0) is 16.1 Å². The molecule has 1 atom stereocenters. The van der Waals surface area contributed by atoms with E-state index in [0.29, 0.717) is 30.3 Å². The van der Waals surface area contributed by atoms with Gasteiger partial charge in [0.05, 0.1) is 16.5 Å². The van der Waals surface area contributed by atoms with Crippen molar-refractivity contribution in [1.29, 1.82) is 0 Å². The number of nitro groups is 1. The van der Waals surface area contributed by atoms with Gasteiger partial charge in [0.15, 0.2) is 11.5 Å². The summed E-state index contributed by atoms with van der Waals surface area (Å²) in [5, 5.41) is 22.7. The number of Topliss-reactive ketones (excluding diaryl/α,β-unsaturated/α-hetero) is 1. The Morgan fingerprint density at radius 2 is 1.71 bits per heavy atom. The Morgan fingerprint density at radius 1 is 0.971 bits per heavy atom. The summed E-state index contributed by atoms with van der Waals surface area (Å²) in [6.45, 7) is 0.818. The van der Waals surface area contributed by atoms with Crippen LogP contribution in [0.1, 0.15) is 22.7 Å². The molecule has 1 amide bonds. The van der Waals surface area contributed by atoms with Crippen molar-refractivity contribution in [2.45, 2.75) is 12.6 Å². The second-order valence-electron chi connectivity index (χ2n) is 8.12. The maximum Gasteiger partial charge on any atom is 0.295 e. The number of hydrogen-bond acceptors (Lipinski definition) is 7. The van der Waals surface area contributed by atoms with Crippen LogP contribution >= 0.6 is 0 Å². The molecule has 1 saturated heterocycles. The Morgan fingerprint density at radius 3 is 2.46 bits per heavy atom. The number of non-ortho nitro benzene ring substituents is 1. The smallest absolute Gasteiger partial charge is 0.295 e. The fraction of sp³-hybridized carbons (Fsp3) is 0.154. The lowest BCUT2D eigenvalue weighted by molar-refractivity contribution is -0.384. The molecule has 3 aromatic rings. The Bertz CT molecular complexity index is 1370. The number of carbonyl (C=O) groups is 2. The van der Waals surface area contributed by atoms with E-state index in [2.05, 4.69) is 0 Å². The molecule has 0 aromatic heterocycles. The van der Waals surface area contributed by atoms with Crippen molar-refractivity contribution in [3.8, 4) is 11.5 Å². The molecule has 2 aliphatic rings. The number of hydrogen-bond donors (Lipinski definition) is 1. The lowest BCUT2D eigenvalue weighted by Gasteiger charge is -2.25. The van der Waals surface area contributed by atoms with E-state index in [0.717, 1.165) is 5.56 Å². The molecule has 5 rings (SSSR count). The second kappa shape index (κ2) is 8.94. The minimum atomic E-state index is -1.02. The van der Waals surface area contributed by atoms with Crippen LogP contribution in [0.25, 0.3) is 5.76 Å². The summed E-state index contributed by atoms with van der Waals surface area (Å²) in [6.07, 6.45) is 0. The zero-order valence-electron chi connectivity index (χ0n) is 18.4. The summed E-state index contributed by atoms with van der Waals surface area (Å²) >= 11 is 0. The van der Waals surface area contributed by atoms with Crippen molar-refractivity contribution in [3.63, 3.8) is 0 Å². The number of rotatable bonds is 5. The van der Waals surface area contributed by atoms with Gasteiger partial charge in [0, 0.05) is 24.2 Å². The molecule has 176 valence electrons. The van der Waals surface area contributed by atoms with Gasteiger partial charge in [0.25, 0.3) is 17.4 Å². The molecule has 0 unspecified atom stereocenters. The number of nitro benzene ring substituents is 1. The van der Waals surface area contributed by atoms with E-state index in [1.165, 1.54) is 23.1 Å². The van der Waals surface area contributed by atoms with E-state index in [4.69, 9.17) is 9.47 Å². The van der Waals surface area contributed by atoms with E-state index in [1.807, 2.05) is 30.3 Å². The van der Waals surface area contributed by atoms with Crippen molar-refractivity contribution in [1.82, 2.24) is 4.90 Å². The Kier molecular flexibility index (Phi) is 5.66. The van der Waals surface area contributed by atoms with Crippen molar-refractivity contribution in [3.05, 3.63) is 105 Å². The molecular weight excluding hydrogens is 452 g/mol. The van der Waals surface area contributed by atoms with Gasteiger partial charge in [-0.05, 0) is 29.3 Å². The molecule has 0 radical (unpaired) electrons. The Labute approximate surface area is 200 Å². The third-order valence-corrected chi connectivity index (χ3v) is 5.95. The fourth-order valence-corrected chi connectivity index (χ4v) is 4.32. The molecule has 0 bridgehead atoms. The maximum absolute atomic E-state index is 13.2. The molecule has 1 fully saturated rings. The first-order chi connectivity index (χ1) is 16.9. The van der Waals surface area contributed by atoms with Gasteiger partial charge in [-0.2, -0.15) is 0 Å². The van der Waals surface area contributed by atoms with Gasteiger partial charge in [-0.3, -0.25) is 19.7 Å². The highest BCUT2D eigenvalue weighted by Gasteiger charge is 2.46. The third-order valence-electron chi connectivity index (χ3n) is 5.95. The van der Waals surface area contributed by atoms with Gasteiger partial charge in [0.1, 0.15) is 19.0 Å². The Balaban J connectivity index is 1.65. The van der Waals surface area contributed by atoms with Crippen molar-refractivity contribution < 1.29 is 29.1 Å². The topological polar surface area (TPSA) is 119 Å². The van der Waals surface area contributed by atoms with Crippen molar-refractivity contribution in [2.24, 2.45) is 0 Å². The monoisotopic (exact) mass is 472 g/mol. The summed E-state index contributed by atoms with van der Waals surface area (Å²) in [6, 6.07) is 18.5. The number of benzene rings is 3. The van der Waals surface area contributed by atoms with E-state index >= 15 is 0 Å². The number of carbonyl (C=O) groups excluding carboxylic acids is 2. The van der Waals surface area contributed by atoms with Gasteiger partial charge in [0.2, 0.25) is 0 Å². The highest BCUT2D eigenvalue weighted by Crippen LogP contribution is 2.42. The first-order valence-electron chi connectivity index (χ1n) is 10.9. The molecule has 9 nitrogen and oxygen atoms in total. The van der Waals surface area contributed by atoms with Crippen molar-refractivity contribution >= 4 is 23.1 Å². The van der Waals surface area contributed by atoms with E-state index in [1.54, 1.807) is 24.3 Å². The average Bonchev–Trinajstić information content (AvgIpc) is 3.13. The third kappa shape index (κ3) is 4.08. The summed E-state index contributed by atoms with van der Waals surface area (Å²) in [7, 11) is 0. The average molecular weight is 472 g/mol. The highest BCUT2D eigenvalue weighted by molar-refractivity contribution is 6.46. The van der Waals surface area contributed by atoms with E-state index < -0.39 is 28.4 Å². The molecule has 1 N–H and O–H groups in total. The molecule has 9 heteroatoms. The first-order valence-corrected chi connectivity index (χ1v) is 10.9. The fourth-order valence-electron chi connectivity index (χ4n) is 4.32. The van der Waals surface area contributed by atoms with Crippen LogP contribution in [-0.4, -0.2) is 39.8 Å². The predicted octanol–water partition coefficient (Wildman–Crippen LogP) is 3.99. The Hall–Kier alpha value is -4.66. The number of fused-ring (bicyclic) bond motifs is 1. The normalized spacial score (nSPS) is 18.5. The molecule has 0 spiro atoms. The summed E-state index contributed by atoms with van der Waals surface area (Å²) in [5.74, 6) is -1.15. The van der Waals surface area contributed by atoms with Gasteiger partial charge in [-0.15, -0.1) is 0 Å². The van der Waals surface area contributed by atoms with Crippen LogP contribution < -0.4 is 9.47 Å². The second-order valence-corrected chi connectivity index (χ2v) is 8.12. The minimum absolute atomic E-state index is 0.0801. The van der Waals surface area contributed by atoms with Crippen LogP contribution in [0.15, 0.2) is 78.4 Å².